The molecule has 21 heavy (non-hydrogen) atoms. The number of aromatic nitrogens is 2. The highest BCUT2D eigenvalue weighted by Crippen LogP contribution is 2.24. The lowest BCUT2D eigenvalue weighted by Gasteiger charge is -2.18. The van der Waals surface area contributed by atoms with Gasteiger partial charge in [-0.1, -0.05) is 18.2 Å². The van der Waals surface area contributed by atoms with Gasteiger partial charge in [-0.15, -0.1) is 0 Å². The second-order valence-corrected chi connectivity index (χ2v) is 4.47. The van der Waals surface area contributed by atoms with E-state index in [1.807, 2.05) is 30.3 Å². The Hall–Kier alpha value is -2.67. The van der Waals surface area contributed by atoms with Crippen molar-refractivity contribution in [3.8, 4) is 5.75 Å². The Balaban J connectivity index is 2.39. The Labute approximate surface area is 122 Å². The lowest BCUT2D eigenvalue weighted by molar-refractivity contribution is 0.0946. The van der Waals surface area contributed by atoms with Gasteiger partial charge in [-0.05, 0) is 26.0 Å². The number of hydrogen-bond donors (Lipinski definition) is 3. The maximum atomic E-state index is 11.9. The first-order chi connectivity index (χ1) is 10.0. The number of amides is 1. The number of ether oxygens (including phenoxy) is 1. The molecule has 0 bridgehead atoms. The number of hydrazine groups is 1. The summed E-state index contributed by atoms with van der Waals surface area (Å²) in [4.78, 5) is 20.0. The molecule has 0 saturated carbocycles. The highest BCUT2D eigenvalue weighted by Gasteiger charge is 2.22. The summed E-state index contributed by atoms with van der Waals surface area (Å²) in [5.74, 6) is 5.47. The summed E-state index contributed by atoms with van der Waals surface area (Å²) in [6.45, 7) is 3.45. The number of nitrogens with two attached hydrogens (primary N) is 2. The van der Waals surface area contributed by atoms with Gasteiger partial charge in [0.2, 0.25) is 5.95 Å². The van der Waals surface area contributed by atoms with Gasteiger partial charge in [0.05, 0.1) is 17.0 Å². The maximum Gasteiger partial charge on any atom is 0.269 e. The molecule has 7 nitrogen and oxygen atoms in total. The Kier molecular flexibility index (Phi) is 4.34. The zero-order valence-electron chi connectivity index (χ0n) is 11.8. The molecule has 0 fully saturated rings. The maximum absolute atomic E-state index is 11.9. The van der Waals surface area contributed by atoms with Crippen LogP contribution in [0.25, 0.3) is 0 Å². The quantitative estimate of drug-likeness (QED) is 0.440. The average Bonchev–Trinajstić information content (AvgIpc) is 2.46. The molecule has 0 aliphatic rings. The van der Waals surface area contributed by atoms with Gasteiger partial charge in [0.1, 0.15) is 11.9 Å². The van der Waals surface area contributed by atoms with Crippen LogP contribution in [0.3, 0.4) is 0 Å². The number of hydrogen-bond acceptors (Lipinski definition) is 6. The Morgan fingerprint density at radius 3 is 2.57 bits per heavy atom. The number of carbonyl (C=O) groups excluding carboxylic acids is 1. The predicted molar refractivity (Wildman–Crippen MR) is 78.3 cm³/mol. The average molecular weight is 287 g/mol. The minimum atomic E-state index is -0.483. The molecular formula is C14H17N5O2. The van der Waals surface area contributed by atoms with Crippen molar-refractivity contribution in [2.75, 3.05) is 5.73 Å². The summed E-state index contributed by atoms with van der Waals surface area (Å²) in [6, 6.07) is 9.23. The first-order valence-electron chi connectivity index (χ1n) is 6.39. The second kappa shape index (κ2) is 6.19. The second-order valence-electron chi connectivity index (χ2n) is 4.47. The van der Waals surface area contributed by atoms with Crippen LogP contribution < -0.4 is 21.7 Å². The van der Waals surface area contributed by atoms with Crippen LogP contribution >= 0.6 is 0 Å². The number of carbonyl (C=O) groups is 1. The zero-order chi connectivity index (χ0) is 15.4. The fourth-order valence-corrected chi connectivity index (χ4v) is 2.02. The van der Waals surface area contributed by atoms with Gasteiger partial charge >= 0.3 is 0 Å². The van der Waals surface area contributed by atoms with Crippen LogP contribution in [0.5, 0.6) is 5.75 Å². The molecule has 2 rings (SSSR count). The van der Waals surface area contributed by atoms with Crippen molar-refractivity contribution in [2.45, 2.75) is 20.0 Å². The molecule has 2 aromatic rings. The van der Waals surface area contributed by atoms with Crippen molar-refractivity contribution < 1.29 is 9.53 Å². The molecule has 0 radical (unpaired) electrons. The molecule has 0 saturated heterocycles. The van der Waals surface area contributed by atoms with E-state index in [4.69, 9.17) is 16.3 Å². The molecule has 1 aromatic carbocycles. The van der Waals surface area contributed by atoms with Crippen LogP contribution in [0.15, 0.2) is 30.3 Å². The van der Waals surface area contributed by atoms with Crippen LogP contribution in [0.2, 0.25) is 0 Å². The number of nitrogen functional groups attached to an aromatic ring is 2. The molecule has 1 aromatic heterocycles. The van der Waals surface area contributed by atoms with Crippen molar-refractivity contribution >= 4 is 11.9 Å². The number of aryl methyl sites for hydroxylation is 1. The van der Waals surface area contributed by atoms with E-state index in [9.17, 15) is 4.79 Å². The van der Waals surface area contributed by atoms with E-state index in [1.54, 1.807) is 13.8 Å². The number of anilines is 1. The molecule has 5 N–H and O–H groups in total. The molecule has 1 atom stereocenters. The van der Waals surface area contributed by atoms with Crippen LogP contribution in [0.1, 0.15) is 34.8 Å². The van der Waals surface area contributed by atoms with Crippen LogP contribution in [0, 0.1) is 6.92 Å². The Bertz CT molecular complexity index is 645. The number of nitrogens with zero attached hydrogens (tertiary/aromatic N) is 2. The molecule has 0 aliphatic heterocycles. The van der Waals surface area contributed by atoms with Crippen molar-refractivity contribution in [1.82, 2.24) is 15.4 Å². The summed E-state index contributed by atoms with van der Waals surface area (Å²) in [7, 11) is 0. The SMILES string of the molecule is Cc1nc(N)nc(C(C)Oc2ccccc2)c1C(=O)NN. The van der Waals surface area contributed by atoms with Gasteiger partial charge in [0, 0.05) is 0 Å². The van der Waals surface area contributed by atoms with Gasteiger partial charge < -0.3 is 10.5 Å². The lowest BCUT2D eigenvalue weighted by Crippen LogP contribution is -2.33. The Morgan fingerprint density at radius 2 is 1.95 bits per heavy atom. The summed E-state index contributed by atoms with van der Waals surface area (Å²) in [6.07, 6.45) is -0.483. The third kappa shape index (κ3) is 3.26. The molecule has 1 heterocycles. The van der Waals surface area contributed by atoms with Crippen LogP contribution in [-0.4, -0.2) is 15.9 Å². The Morgan fingerprint density at radius 1 is 1.29 bits per heavy atom. The molecule has 0 aliphatic carbocycles. The van der Waals surface area contributed by atoms with E-state index >= 15 is 0 Å². The van der Waals surface area contributed by atoms with Gasteiger partial charge in [0.25, 0.3) is 5.91 Å². The highest BCUT2D eigenvalue weighted by atomic mass is 16.5. The first kappa shape index (κ1) is 14.7. The third-order valence-electron chi connectivity index (χ3n) is 2.93. The highest BCUT2D eigenvalue weighted by molar-refractivity contribution is 5.96. The van der Waals surface area contributed by atoms with E-state index in [0.717, 1.165) is 0 Å². The van der Waals surface area contributed by atoms with Gasteiger partial charge in [-0.3, -0.25) is 10.2 Å². The van der Waals surface area contributed by atoms with Gasteiger partial charge in [-0.2, -0.15) is 0 Å². The van der Waals surface area contributed by atoms with Gasteiger partial charge in [0.15, 0.2) is 0 Å². The summed E-state index contributed by atoms with van der Waals surface area (Å²) in [5.41, 5.74) is 8.86. The molecule has 1 amide bonds. The van der Waals surface area contributed by atoms with E-state index in [-0.39, 0.29) is 11.5 Å². The molecular weight excluding hydrogens is 270 g/mol. The van der Waals surface area contributed by atoms with Crippen molar-refractivity contribution in [3.63, 3.8) is 0 Å². The first-order valence-corrected chi connectivity index (χ1v) is 6.39. The smallest absolute Gasteiger partial charge is 0.269 e. The third-order valence-corrected chi connectivity index (χ3v) is 2.93. The van der Waals surface area contributed by atoms with Crippen molar-refractivity contribution in [2.24, 2.45) is 5.84 Å². The monoisotopic (exact) mass is 287 g/mol. The number of nitrogens with one attached hydrogen (secondary N) is 1. The largest absolute Gasteiger partial charge is 0.484 e. The topological polar surface area (TPSA) is 116 Å². The zero-order valence-corrected chi connectivity index (χ0v) is 11.8. The summed E-state index contributed by atoms with van der Waals surface area (Å²) in [5, 5.41) is 0. The standard InChI is InChI=1S/C14H17N5O2/c1-8-11(13(20)19-16)12(18-14(15)17-8)9(2)21-10-6-4-3-5-7-10/h3-7,9H,16H2,1-2H3,(H,19,20)(H2,15,17,18). The number of para-hydroxylation sites is 1. The van der Waals surface area contributed by atoms with E-state index in [2.05, 4.69) is 15.4 Å². The predicted octanol–water partition coefficient (Wildman–Crippen LogP) is 1.11. The van der Waals surface area contributed by atoms with Gasteiger partial charge in [-0.25, -0.2) is 15.8 Å². The van der Waals surface area contributed by atoms with Crippen molar-refractivity contribution in [1.29, 1.82) is 0 Å². The van der Waals surface area contributed by atoms with E-state index < -0.39 is 12.0 Å². The minimum absolute atomic E-state index is 0.0829. The lowest BCUT2D eigenvalue weighted by atomic mass is 10.1. The fourth-order valence-electron chi connectivity index (χ4n) is 2.02. The molecule has 7 heteroatoms. The summed E-state index contributed by atoms with van der Waals surface area (Å²) >= 11 is 0. The molecule has 0 spiro atoms. The fraction of sp³-hybridized carbons (Fsp3) is 0.214. The van der Waals surface area contributed by atoms with E-state index in [0.29, 0.717) is 17.1 Å². The van der Waals surface area contributed by atoms with E-state index in [1.165, 1.54) is 0 Å². The molecule has 1 unspecified atom stereocenters. The number of benzene rings is 1. The van der Waals surface area contributed by atoms with Crippen LogP contribution in [-0.2, 0) is 0 Å². The van der Waals surface area contributed by atoms with Crippen molar-refractivity contribution in [3.05, 3.63) is 47.3 Å². The number of rotatable bonds is 4. The minimum Gasteiger partial charge on any atom is -0.484 e. The molecule has 110 valence electrons. The summed E-state index contributed by atoms with van der Waals surface area (Å²) < 4.78 is 5.78. The normalized spacial score (nSPS) is 11.8. The van der Waals surface area contributed by atoms with Crippen LogP contribution in [0.4, 0.5) is 5.95 Å².